The highest BCUT2D eigenvalue weighted by Gasteiger charge is 2.19. The molecule has 3 N–H and O–H groups in total. The Kier molecular flexibility index (Phi) is 6.77. The molecule has 0 saturated heterocycles. The molecule has 0 aliphatic heterocycles. The minimum Gasteiger partial charge on any atom is -0.481 e. The third-order valence-corrected chi connectivity index (χ3v) is 1.97. The number of hydrogen-bond donors (Lipinski definition) is 3. The van der Waals surface area contributed by atoms with E-state index in [0.29, 0.717) is 6.42 Å². The van der Waals surface area contributed by atoms with Crippen LogP contribution in [0.4, 0.5) is 4.79 Å². The lowest BCUT2D eigenvalue weighted by atomic mass is 9.97. The van der Waals surface area contributed by atoms with Gasteiger partial charge in [-0.2, -0.15) is 0 Å². The Morgan fingerprint density at radius 3 is 2.44 bits per heavy atom. The number of aliphatic carboxylic acids is 1. The first kappa shape index (κ1) is 14.3. The summed E-state index contributed by atoms with van der Waals surface area (Å²) < 4.78 is 0. The first-order valence-corrected chi connectivity index (χ1v) is 5.15. The van der Waals surface area contributed by atoms with Crippen LogP contribution >= 0.6 is 0 Å². The van der Waals surface area contributed by atoms with Crippen LogP contribution in [0, 0.1) is 24.2 Å². The highest BCUT2D eigenvalue weighted by molar-refractivity contribution is 5.76. The van der Waals surface area contributed by atoms with Crippen molar-refractivity contribution in [1.29, 1.82) is 0 Å². The molecular weight excluding hydrogens is 208 g/mol. The van der Waals surface area contributed by atoms with E-state index < -0.39 is 17.9 Å². The van der Waals surface area contributed by atoms with Gasteiger partial charge in [0.05, 0.1) is 12.5 Å². The highest BCUT2D eigenvalue weighted by atomic mass is 16.4. The fraction of sp³-hybridized carbons (Fsp3) is 0.636. The zero-order valence-electron chi connectivity index (χ0n) is 9.62. The van der Waals surface area contributed by atoms with Gasteiger partial charge in [0.2, 0.25) is 0 Å². The molecule has 1 unspecified atom stereocenters. The monoisotopic (exact) mass is 226 g/mol. The van der Waals surface area contributed by atoms with E-state index in [9.17, 15) is 9.59 Å². The van der Waals surface area contributed by atoms with Gasteiger partial charge in [0.1, 0.15) is 0 Å². The predicted molar refractivity (Wildman–Crippen MR) is 60.8 cm³/mol. The molecule has 0 radical (unpaired) electrons. The van der Waals surface area contributed by atoms with E-state index in [1.54, 1.807) is 0 Å². The van der Waals surface area contributed by atoms with Crippen LogP contribution in [0.2, 0.25) is 0 Å². The van der Waals surface area contributed by atoms with Crippen molar-refractivity contribution in [3.63, 3.8) is 0 Å². The first-order valence-electron chi connectivity index (χ1n) is 5.15. The van der Waals surface area contributed by atoms with Crippen molar-refractivity contribution >= 4 is 12.0 Å². The molecule has 5 nitrogen and oxygen atoms in total. The molecule has 0 aliphatic rings. The average Bonchev–Trinajstić information content (AvgIpc) is 2.20. The molecule has 0 heterocycles. The molecule has 0 fully saturated rings. The van der Waals surface area contributed by atoms with Gasteiger partial charge in [-0.3, -0.25) is 4.79 Å². The van der Waals surface area contributed by atoms with E-state index in [4.69, 9.17) is 11.5 Å². The maximum absolute atomic E-state index is 11.1. The number of carboxylic acids is 1. The molecule has 0 aromatic rings. The minimum atomic E-state index is -0.897. The van der Waals surface area contributed by atoms with E-state index in [0.717, 1.165) is 0 Å². The molecule has 0 bridgehead atoms. The number of carbonyl (C=O) groups excluding carboxylic acids is 1. The topological polar surface area (TPSA) is 78.4 Å². The molecule has 0 aromatic carbocycles. The third kappa shape index (κ3) is 6.71. The lowest BCUT2D eigenvalue weighted by molar-refractivity contribution is -0.142. The number of hydrogen-bond acceptors (Lipinski definition) is 2. The summed E-state index contributed by atoms with van der Waals surface area (Å²) in [5.41, 5.74) is 0. The van der Waals surface area contributed by atoms with Crippen molar-refractivity contribution < 1.29 is 14.7 Å². The summed E-state index contributed by atoms with van der Waals surface area (Å²) in [7, 11) is 0. The van der Waals surface area contributed by atoms with Gasteiger partial charge in [0.15, 0.2) is 0 Å². The minimum absolute atomic E-state index is 0.115. The number of carboxylic acid groups (broad SMARTS) is 1. The van der Waals surface area contributed by atoms with Crippen LogP contribution < -0.4 is 10.6 Å². The Morgan fingerprint density at radius 1 is 1.38 bits per heavy atom. The average molecular weight is 226 g/mol. The summed E-state index contributed by atoms with van der Waals surface area (Å²) in [6, 6.07) is -0.437. The summed E-state index contributed by atoms with van der Waals surface area (Å²) in [4.78, 5) is 22.0. The standard InChI is InChI=1S/C11H18N2O3/c1-4-5-12-11(16)13-7-9(10(14)15)6-8(2)3/h1,8-9H,5-7H2,2-3H3,(H,14,15)(H2,12,13,16). The predicted octanol–water partition coefficient (Wildman–Crippen LogP) is 0.666. The van der Waals surface area contributed by atoms with Crippen molar-refractivity contribution in [3.8, 4) is 12.3 Å². The van der Waals surface area contributed by atoms with E-state index in [-0.39, 0.29) is 19.0 Å². The van der Waals surface area contributed by atoms with Crippen molar-refractivity contribution in [2.45, 2.75) is 20.3 Å². The van der Waals surface area contributed by atoms with Crippen LogP contribution in [0.15, 0.2) is 0 Å². The molecule has 0 spiro atoms. The van der Waals surface area contributed by atoms with E-state index >= 15 is 0 Å². The zero-order chi connectivity index (χ0) is 12.6. The molecule has 0 aliphatic carbocycles. The second-order valence-electron chi connectivity index (χ2n) is 3.93. The molecule has 2 amide bonds. The summed E-state index contributed by atoms with van der Waals surface area (Å²) in [5.74, 6) is 1.07. The van der Waals surface area contributed by atoms with Gasteiger partial charge in [-0.25, -0.2) is 4.79 Å². The molecule has 1 atom stereocenters. The van der Waals surface area contributed by atoms with Crippen LogP contribution in [0.1, 0.15) is 20.3 Å². The number of terminal acetylenes is 1. The van der Waals surface area contributed by atoms with Gasteiger partial charge >= 0.3 is 12.0 Å². The van der Waals surface area contributed by atoms with Gasteiger partial charge in [-0.1, -0.05) is 19.8 Å². The van der Waals surface area contributed by atoms with Gasteiger partial charge in [0.25, 0.3) is 0 Å². The maximum Gasteiger partial charge on any atom is 0.315 e. The molecule has 90 valence electrons. The summed E-state index contributed by atoms with van der Waals surface area (Å²) in [5, 5.41) is 13.8. The van der Waals surface area contributed by atoms with Crippen LogP contribution in [0.5, 0.6) is 0 Å². The van der Waals surface area contributed by atoms with Gasteiger partial charge in [-0.05, 0) is 12.3 Å². The van der Waals surface area contributed by atoms with E-state index in [1.807, 2.05) is 13.8 Å². The highest BCUT2D eigenvalue weighted by Crippen LogP contribution is 2.10. The molecule has 0 rings (SSSR count). The number of carbonyl (C=O) groups is 2. The second kappa shape index (κ2) is 7.57. The lowest BCUT2D eigenvalue weighted by Gasteiger charge is -2.15. The Morgan fingerprint density at radius 2 is 2.00 bits per heavy atom. The quantitative estimate of drug-likeness (QED) is 0.582. The van der Waals surface area contributed by atoms with Crippen LogP contribution in [0.25, 0.3) is 0 Å². The maximum atomic E-state index is 11.1. The summed E-state index contributed by atoms with van der Waals surface area (Å²) in [6.07, 6.45) is 5.49. The third-order valence-electron chi connectivity index (χ3n) is 1.97. The number of rotatable bonds is 6. The van der Waals surface area contributed by atoms with Crippen LogP contribution in [-0.2, 0) is 4.79 Å². The summed E-state index contributed by atoms with van der Waals surface area (Å²) in [6.45, 7) is 4.13. The molecule has 16 heavy (non-hydrogen) atoms. The fourth-order valence-electron chi connectivity index (χ4n) is 1.25. The normalized spacial score (nSPS) is 11.6. The Bertz CT molecular complexity index is 281. The molecular formula is C11H18N2O3. The van der Waals surface area contributed by atoms with Gasteiger partial charge in [0, 0.05) is 6.54 Å². The molecule has 0 saturated carbocycles. The van der Waals surface area contributed by atoms with Crippen molar-refractivity contribution in [1.82, 2.24) is 10.6 Å². The second-order valence-corrected chi connectivity index (χ2v) is 3.93. The largest absolute Gasteiger partial charge is 0.481 e. The van der Waals surface area contributed by atoms with E-state index in [1.165, 1.54) is 0 Å². The van der Waals surface area contributed by atoms with Crippen LogP contribution in [0.3, 0.4) is 0 Å². The molecule has 5 heteroatoms. The smallest absolute Gasteiger partial charge is 0.315 e. The van der Waals surface area contributed by atoms with Gasteiger partial charge < -0.3 is 15.7 Å². The van der Waals surface area contributed by atoms with Crippen molar-refractivity contribution in [3.05, 3.63) is 0 Å². The van der Waals surface area contributed by atoms with Crippen LogP contribution in [-0.4, -0.2) is 30.2 Å². The van der Waals surface area contributed by atoms with Gasteiger partial charge in [-0.15, -0.1) is 6.42 Å². The first-order chi connectivity index (χ1) is 7.47. The van der Waals surface area contributed by atoms with Crippen molar-refractivity contribution in [2.75, 3.05) is 13.1 Å². The Labute approximate surface area is 95.6 Å². The lowest BCUT2D eigenvalue weighted by Crippen LogP contribution is -2.40. The van der Waals surface area contributed by atoms with E-state index in [2.05, 4.69) is 16.6 Å². The zero-order valence-corrected chi connectivity index (χ0v) is 9.62. The number of amides is 2. The Balaban J connectivity index is 3.98. The van der Waals surface area contributed by atoms with Crippen molar-refractivity contribution in [2.24, 2.45) is 11.8 Å². The summed E-state index contributed by atoms with van der Waals surface area (Å²) >= 11 is 0. The fourth-order valence-corrected chi connectivity index (χ4v) is 1.25. The molecule has 0 aromatic heterocycles. The SMILES string of the molecule is C#CCNC(=O)NCC(CC(C)C)C(=O)O. The Hall–Kier alpha value is -1.70. The number of nitrogens with one attached hydrogen (secondary N) is 2. The number of urea groups is 1.